The van der Waals surface area contributed by atoms with Crippen molar-refractivity contribution >= 4 is 28.5 Å². The first-order chi connectivity index (χ1) is 9.80. The molecule has 6 heteroatoms. The number of methoxy groups -OCH3 is 1. The lowest BCUT2D eigenvalue weighted by Gasteiger charge is -2.20. The van der Waals surface area contributed by atoms with Gasteiger partial charge in [0, 0.05) is 5.39 Å². The Balaban J connectivity index is 2.39. The lowest BCUT2D eigenvalue weighted by atomic mass is 10.1. The number of aromatic nitrogens is 1. The second-order valence-corrected chi connectivity index (χ2v) is 5.57. The van der Waals surface area contributed by atoms with E-state index < -0.39 is 11.7 Å². The van der Waals surface area contributed by atoms with Crippen LogP contribution in [0.2, 0.25) is 0 Å². The van der Waals surface area contributed by atoms with Crippen LogP contribution >= 0.6 is 0 Å². The number of hydrogen-bond acceptors (Lipinski definition) is 5. The molecule has 3 N–H and O–H groups in total. The maximum Gasteiger partial charge on any atom is 0.412 e. The molecule has 0 aliphatic heterocycles. The van der Waals surface area contributed by atoms with Crippen LogP contribution in [-0.4, -0.2) is 23.8 Å². The Morgan fingerprint density at radius 3 is 2.57 bits per heavy atom. The van der Waals surface area contributed by atoms with Crippen LogP contribution in [0.5, 0.6) is 5.75 Å². The molecule has 112 valence electrons. The number of amides is 1. The van der Waals surface area contributed by atoms with Gasteiger partial charge in [0.25, 0.3) is 0 Å². The zero-order valence-corrected chi connectivity index (χ0v) is 12.6. The molecule has 1 heterocycles. The highest BCUT2D eigenvalue weighted by molar-refractivity contribution is 6.01. The van der Waals surface area contributed by atoms with Gasteiger partial charge in [0.15, 0.2) is 0 Å². The molecule has 0 aliphatic carbocycles. The third-order valence-electron chi connectivity index (χ3n) is 2.70. The van der Waals surface area contributed by atoms with E-state index in [1.54, 1.807) is 52.1 Å². The van der Waals surface area contributed by atoms with Gasteiger partial charge in [0.05, 0.1) is 12.8 Å². The summed E-state index contributed by atoms with van der Waals surface area (Å²) in [5.41, 5.74) is 6.32. The molecule has 0 bridgehead atoms. The lowest BCUT2D eigenvalue weighted by molar-refractivity contribution is 0.0636. The van der Waals surface area contributed by atoms with E-state index in [1.807, 2.05) is 0 Å². The number of nitrogens with two attached hydrogens (primary N) is 1. The summed E-state index contributed by atoms with van der Waals surface area (Å²) in [5, 5.41) is 3.45. The van der Waals surface area contributed by atoms with E-state index in [0.717, 1.165) is 5.39 Å². The van der Waals surface area contributed by atoms with E-state index in [9.17, 15) is 4.79 Å². The van der Waals surface area contributed by atoms with E-state index >= 15 is 0 Å². The number of anilines is 2. The largest absolute Gasteiger partial charge is 0.494 e. The van der Waals surface area contributed by atoms with Crippen molar-refractivity contribution in [3.8, 4) is 5.75 Å². The van der Waals surface area contributed by atoms with Gasteiger partial charge in [-0.15, -0.1) is 0 Å². The Bertz CT molecular complexity index is 678. The minimum Gasteiger partial charge on any atom is -0.494 e. The average molecular weight is 289 g/mol. The summed E-state index contributed by atoms with van der Waals surface area (Å²) in [6.45, 7) is 5.42. The predicted molar refractivity (Wildman–Crippen MR) is 82.6 cm³/mol. The van der Waals surface area contributed by atoms with Crippen molar-refractivity contribution in [1.82, 2.24) is 4.98 Å². The van der Waals surface area contributed by atoms with Gasteiger partial charge < -0.3 is 15.2 Å². The zero-order valence-electron chi connectivity index (χ0n) is 12.6. The molecule has 0 aliphatic rings. The summed E-state index contributed by atoms with van der Waals surface area (Å²) < 4.78 is 10.5. The molecule has 0 radical (unpaired) electrons. The summed E-state index contributed by atoms with van der Waals surface area (Å²) in [7, 11) is 1.56. The minimum atomic E-state index is -0.560. The summed E-state index contributed by atoms with van der Waals surface area (Å²) in [6, 6.07) is 6.92. The maximum atomic E-state index is 11.9. The molecular weight excluding hydrogens is 270 g/mol. The highest BCUT2D eigenvalue weighted by Crippen LogP contribution is 2.31. The third-order valence-corrected chi connectivity index (χ3v) is 2.70. The Labute approximate surface area is 123 Å². The number of pyridine rings is 1. The van der Waals surface area contributed by atoms with E-state index in [4.69, 9.17) is 15.2 Å². The Hall–Kier alpha value is -2.50. The Kier molecular flexibility index (Phi) is 3.88. The quantitative estimate of drug-likeness (QED) is 0.886. The molecule has 6 nitrogen and oxygen atoms in total. The zero-order chi connectivity index (χ0) is 15.6. The molecule has 1 aromatic carbocycles. The van der Waals surface area contributed by atoms with Crippen molar-refractivity contribution < 1.29 is 14.3 Å². The lowest BCUT2D eigenvalue weighted by Crippen LogP contribution is -2.27. The van der Waals surface area contributed by atoms with Crippen molar-refractivity contribution in [3.63, 3.8) is 0 Å². The fourth-order valence-corrected chi connectivity index (χ4v) is 1.89. The van der Waals surface area contributed by atoms with E-state index in [0.29, 0.717) is 22.8 Å². The van der Waals surface area contributed by atoms with Gasteiger partial charge in [-0.2, -0.15) is 0 Å². The van der Waals surface area contributed by atoms with Gasteiger partial charge in [-0.1, -0.05) is 0 Å². The summed E-state index contributed by atoms with van der Waals surface area (Å²) in [6.07, 6.45) is -0.522. The number of benzene rings is 1. The maximum absolute atomic E-state index is 11.9. The third kappa shape index (κ3) is 3.53. The van der Waals surface area contributed by atoms with Crippen LogP contribution in [0, 0.1) is 0 Å². The number of rotatable bonds is 2. The molecule has 21 heavy (non-hydrogen) atoms. The molecule has 1 aromatic heterocycles. The molecule has 0 saturated carbocycles. The van der Waals surface area contributed by atoms with Crippen LogP contribution in [0.4, 0.5) is 16.3 Å². The summed E-state index contributed by atoms with van der Waals surface area (Å²) >= 11 is 0. The first-order valence-electron chi connectivity index (χ1n) is 6.53. The van der Waals surface area contributed by atoms with Gasteiger partial charge in [-0.05, 0) is 45.0 Å². The molecule has 0 spiro atoms. The molecule has 2 aromatic rings. The van der Waals surface area contributed by atoms with Gasteiger partial charge >= 0.3 is 6.09 Å². The number of ether oxygens (including phenoxy) is 2. The number of hydrogen-bond donors (Lipinski definition) is 2. The summed E-state index contributed by atoms with van der Waals surface area (Å²) in [5.74, 6) is 0.974. The molecule has 1 amide bonds. The van der Waals surface area contributed by atoms with Gasteiger partial charge in [0.1, 0.15) is 22.7 Å². The average Bonchev–Trinajstić information content (AvgIpc) is 2.36. The number of carbonyl (C=O) groups excluding carboxylic acids is 1. The van der Waals surface area contributed by atoms with Gasteiger partial charge in [-0.25, -0.2) is 9.78 Å². The van der Waals surface area contributed by atoms with Crippen LogP contribution in [0.25, 0.3) is 10.9 Å². The van der Waals surface area contributed by atoms with Crippen molar-refractivity contribution in [3.05, 3.63) is 24.3 Å². The standard InChI is InChI=1S/C15H19N3O3/c1-15(2,3)21-14(19)17-10-6-7-11(20-4)13-9(10)5-8-12(16)18-13/h5-8H,1-4H3,(H2,16,18)(H,17,19). The number of fused-ring (bicyclic) bond motifs is 1. The topological polar surface area (TPSA) is 86.5 Å². The highest BCUT2D eigenvalue weighted by atomic mass is 16.6. The molecule has 0 unspecified atom stereocenters. The number of nitrogen functional groups attached to an aromatic ring is 1. The monoisotopic (exact) mass is 289 g/mol. The number of nitrogens with zero attached hydrogens (tertiary/aromatic N) is 1. The molecule has 0 fully saturated rings. The molecule has 0 saturated heterocycles. The Morgan fingerprint density at radius 2 is 1.95 bits per heavy atom. The van der Waals surface area contributed by atoms with Crippen LogP contribution in [-0.2, 0) is 4.74 Å². The first kappa shape index (κ1) is 14.9. The SMILES string of the molecule is COc1ccc(NC(=O)OC(C)(C)C)c2ccc(N)nc12. The van der Waals surface area contributed by atoms with Crippen molar-refractivity contribution in [2.75, 3.05) is 18.2 Å². The summed E-state index contributed by atoms with van der Waals surface area (Å²) in [4.78, 5) is 16.1. The van der Waals surface area contributed by atoms with E-state index in [1.165, 1.54) is 0 Å². The predicted octanol–water partition coefficient (Wildman–Crippen LogP) is 3.17. The normalized spacial score (nSPS) is 11.2. The number of nitrogens with one attached hydrogen (secondary N) is 1. The van der Waals surface area contributed by atoms with Crippen LogP contribution in [0.3, 0.4) is 0 Å². The smallest absolute Gasteiger partial charge is 0.412 e. The van der Waals surface area contributed by atoms with Gasteiger partial charge in [-0.3, -0.25) is 5.32 Å². The van der Waals surface area contributed by atoms with Crippen LogP contribution < -0.4 is 15.8 Å². The van der Waals surface area contributed by atoms with Gasteiger partial charge in [0.2, 0.25) is 0 Å². The fourth-order valence-electron chi connectivity index (χ4n) is 1.89. The van der Waals surface area contributed by atoms with E-state index in [-0.39, 0.29) is 0 Å². The van der Waals surface area contributed by atoms with Crippen molar-refractivity contribution in [2.45, 2.75) is 26.4 Å². The second-order valence-electron chi connectivity index (χ2n) is 5.57. The highest BCUT2D eigenvalue weighted by Gasteiger charge is 2.17. The first-order valence-corrected chi connectivity index (χ1v) is 6.53. The molecule has 2 rings (SSSR count). The minimum absolute atomic E-state index is 0.384. The number of carbonyl (C=O) groups is 1. The van der Waals surface area contributed by atoms with E-state index in [2.05, 4.69) is 10.3 Å². The molecule has 0 atom stereocenters. The van der Waals surface area contributed by atoms with Crippen LogP contribution in [0.1, 0.15) is 20.8 Å². The Morgan fingerprint density at radius 1 is 1.24 bits per heavy atom. The van der Waals surface area contributed by atoms with Crippen LogP contribution in [0.15, 0.2) is 24.3 Å². The fraction of sp³-hybridized carbons (Fsp3) is 0.333. The van der Waals surface area contributed by atoms with Crippen molar-refractivity contribution in [2.24, 2.45) is 0 Å². The second kappa shape index (κ2) is 5.47. The van der Waals surface area contributed by atoms with Crippen molar-refractivity contribution in [1.29, 1.82) is 0 Å². The molecular formula is C15H19N3O3.